The zero-order valence-electron chi connectivity index (χ0n) is 18.6. The first kappa shape index (κ1) is 22.8. The Morgan fingerprint density at radius 2 is 1.83 bits per heavy atom. The number of rotatable bonds is 9. The van der Waals surface area contributed by atoms with Crippen molar-refractivity contribution >= 4 is 34.2 Å². The largest absolute Gasteiger partial charge is 0.487 e. The summed E-state index contributed by atoms with van der Waals surface area (Å²) < 4.78 is 7.67. The number of thiazole rings is 1. The Bertz CT molecular complexity index is 1450. The Hall–Kier alpha value is -4.01. The molecule has 0 saturated carbocycles. The predicted molar refractivity (Wildman–Crippen MR) is 140 cm³/mol. The van der Waals surface area contributed by atoms with E-state index in [4.69, 9.17) is 4.74 Å². The first-order chi connectivity index (χ1) is 17.1. The van der Waals surface area contributed by atoms with Crippen LogP contribution in [-0.4, -0.2) is 25.8 Å². The van der Waals surface area contributed by atoms with Crippen LogP contribution in [0.3, 0.4) is 0 Å². The van der Waals surface area contributed by atoms with Gasteiger partial charge in [-0.25, -0.2) is 9.78 Å². The number of benzene rings is 2. The number of carboxylic acids is 1. The van der Waals surface area contributed by atoms with E-state index in [1.54, 1.807) is 22.2 Å². The molecule has 0 saturated heterocycles. The molecule has 0 amide bonds. The molecule has 0 unspecified atom stereocenters. The SMILES string of the molecule is C=C(C(=O)O)c1cn(Cc2ccc(OCc3csc(-c4ccccc4)n3)cc2)nc1-c1cccs1. The molecule has 35 heavy (non-hydrogen) atoms. The van der Waals surface area contributed by atoms with E-state index in [2.05, 4.69) is 16.7 Å². The van der Waals surface area contributed by atoms with Gasteiger partial charge in [0, 0.05) is 22.7 Å². The zero-order chi connectivity index (χ0) is 24.2. The predicted octanol–water partition coefficient (Wildman–Crippen LogP) is 6.46. The average molecular weight is 500 g/mol. The van der Waals surface area contributed by atoms with Crippen LogP contribution >= 0.6 is 22.7 Å². The lowest BCUT2D eigenvalue weighted by atomic mass is 10.1. The summed E-state index contributed by atoms with van der Waals surface area (Å²) in [6.45, 7) is 4.62. The summed E-state index contributed by atoms with van der Waals surface area (Å²) in [5, 5.41) is 19.0. The number of aliphatic carboxylic acids is 1. The fourth-order valence-corrected chi connectivity index (χ4v) is 5.09. The molecule has 5 aromatic rings. The second-order valence-corrected chi connectivity index (χ2v) is 9.60. The average Bonchev–Trinajstić information content (AvgIpc) is 3.64. The third-order valence-corrected chi connectivity index (χ3v) is 7.14. The van der Waals surface area contributed by atoms with Crippen LogP contribution in [0.15, 0.2) is 90.3 Å². The molecular formula is C27H21N3O3S2. The molecule has 0 fully saturated rings. The summed E-state index contributed by atoms with van der Waals surface area (Å²) >= 11 is 3.12. The fraction of sp³-hybridized carbons (Fsp3) is 0.0741. The van der Waals surface area contributed by atoms with Crippen molar-refractivity contribution in [3.8, 4) is 26.9 Å². The van der Waals surface area contributed by atoms with Gasteiger partial charge in [-0.3, -0.25) is 4.68 Å². The molecule has 0 aliphatic rings. The zero-order valence-corrected chi connectivity index (χ0v) is 20.3. The van der Waals surface area contributed by atoms with Crippen LogP contribution in [0.4, 0.5) is 0 Å². The van der Waals surface area contributed by atoms with E-state index in [-0.39, 0.29) is 5.57 Å². The van der Waals surface area contributed by atoms with Crippen molar-refractivity contribution in [3.05, 3.63) is 107 Å². The Morgan fingerprint density at radius 1 is 1.03 bits per heavy atom. The standard InChI is InChI=1S/C27H21N3O3S2/c1-18(27(31)32)23-15-30(29-25(23)24-8-5-13-34-24)14-19-9-11-22(12-10-19)33-16-21-17-35-26(28-21)20-6-3-2-4-7-20/h2-13,15,17H,1,14,16H2,(H,31,32). The molecular weight excluding hydrogens is 478 g/mol. The van der Waals surface area contributed by atoms with E-state index in [9.17, 15) is 9.90 Å². The lowest BCUT2D eigenvalue weighted by Gasteiger charge is -2.06. The molecule has 5 rings (SSSR count). The number of carbonyl (C=O) groups is 1. The monoisotopic (exact) mass is 499 g/mol. The van der Waals surface area contributed by atoms with Crippen molar-refractivity contribution in [2.75, 3.05) is 0 Å². The number of aromatic nitrogens is 3. The molecule has 0 radical (unpaired) electrons. The van der Waals surface area contributed by atoms with Gasteiger partial charge < -0.3 is 9.84 Å². The van der Waals surface area contributed by atoms with Gasteiger partial charge in [0.2, 0.25) is 0 Å². The number of hydrogen-bond acceptors (Lipinski definition) is 6. The van der Waals surface area contributed by atoms with Gasteiger partial charge in [0.25, 0.3) is 0 Å². The van der Waals surface area contributed by atoms with Crippen molar-refractivity contribution in [1.29, 1.82) is 0 Å². The summed E-state index contributed by atoms with van der Waals surface area (Å²) in [6.07, 6.45) is 1.74. The lowest BCUT2D eigenvalue weighted by Crippen LogP contribution is -2.01. The molecule has 174 valence electrons. The van der Waals surface area contributed by atoms with Gasteiger partial charge in [0.15, 0.2) is 0 Å². The van der Waals surface area contributed by atoms with Crippen molar-refractivity contribution in [3.63, 3.8) is 0 Å². The van der Waals surface area contributed by atoms with E-state index in [0.717, 1.165) is 32.5 Å². The van der Waals surface area contributed by atoms with Gasteiger partial charge in [-0.05, 0) is 29.1 Å². The van der Waals surface area contributed by atoms with Crippen LogP contribution < -0.4 is 4.74 Å². The second kappa shape index (κ2) is 10.1. The minimum Gasteiger partial charge on any atom is -0.487 e. The van der Waals surface area contributed by atoms with Crippen LogP contribution in [-0.2, 0) is 17.9 Å². The highest BCUT2D eigenvalue weighted by Crippen LogP contribution is 2.31. The summed E-state index contributed by atoms with van der Waals surface area (Å²) in [5.41, 5.74) is 4.19. The molecule has 0 aliphatic heterocycles. The highest BCUT2D eigenvalue weighted by Gasteiger charge is 2.19. The van der Waals surface area contributed by atoms with Gasteiger partial charge in [-0.2, -0.15) is 5.10 Å². The maximum Gasteiger partial charge on any atom is 0.335 e. The van der Waals surface area contributed by atoms with Crippen molar-refractivity contribution in [1.82, 2.24) is 14.8 Å². The minimum absolute atomic E-state index is 0.0286. The fourth-order valence-electron chi connectivity index (χ4n) is 3.56. The Morgan fingerprint density at radius 3 is 2.54 bits per heavy atom. The summed E-state index contributed by atoms with van der Waals surface area (Å²) in [7, 11) is 0. The smallest absolute Gasteiger partial charge is 0.335 e. The number of carboxylic acid groups (broad SMARTS) is 1. The van der Waals surface area contributed by atoms with E-state index in [1.165, 1.54) is 11.3 Å². The molecule has 0 spiro atoms. The molecule has 0 bridgehead atoms. The van der Waals surface area contributed by atoms with Gasteiger partial charge in [0.05, 0.1) is 22.7 Å². The highest BCUT2D eigenvalue weighted by atomic mass is 32.1. The Kier molecular flexibility index (Phi) is 6.56. The van der Waals surface area contributed by atoms with E-state index in [1.807, 2.05) is 77.5 Å². The topological polar surface area (TPSA) is 77.2 Å². The Balaban J connectivity index is 1.25. The maximum absolute atomic E-state index is 11.5. The molecule has 3 aromatic heterocycles. The van der Waals surface area contributed by atoms with Crippen LogP contribution in [0, 0.1) is 0 Å². The van der Waals surface area contributed by atoms with Gasteiger partial charge in [-0.1, -0.05) is 55.1 Å². The summed E-state index contributed by atoms with van der Waals surface area (Å²) in [4.78, 5) is 17.1. The summed E-state index contributed by atoms with van der Waals surface area (Å²) in [5.74, 6) is -0.303. The van der Waals surface area contributed by atoms with E-state index >= 15 is 0 Å². The number of nitrogens with zero attached hydrogens (tertiary/aromatic N) is 3. The van der Waals surface area contributed by atoms with Gasteiger partial charge in [0.1, 0.15) is 23.1 Å². The van der Waals surface area contributed by atoms with Gasteiger partial charge in [-0.15, -0.1) is 22.7 Å². The molecule has 6 nitrogen and oxygen atoms in total. The van der Waals surface area contributed by atoms with Crippen LogP contribution in [0.25, 0.3) is 26.7 Å². The first-order valence-electron chi connectivity index (χ1n) is 10.8. The van der Waals surface area contributed by atoms with E-state index in [0.29, 0.717) is 24.4 Å². The highest BCUT2D eigenvalue weighted by molar-refractivity contribution is 7.13. The van der Waals surface area contributed by atoms with Crippen molar-refractivity contribution < 1.29 is 14.6 Å². The molecule has 2 aromatic carbocycles. The lowest BCUT2D eigenvalue weighted by molar-refractivity contribution is -0.130. The number of ether oxygens (including phenoxy) is 1. The molecule has 1 N–H and O–H groups in total. The molecule has 0 atom stereocenters. The van der Waals surface area contributed by atoms with Crippen LogP contribution in [0.1, 0.15) is 16.8 Å². The van der Waals surface area contributed by atoms with Crippen molar-refractivity contribution in [2.45, 2.75) is 13.2 Å². The third kappa shape index (κ3) is 5.24. The molecule has 3 heterocycles. The van der Waals surface area contributed by atoms with Gasteiger partial charge >= 0.3 is 5.97 Å². The normalized spacial score (nSPS) is 10.9. The first-order valence-corrected chi connectivity index (χ1v) is 12.6. The maximum atomic E-state index is 11.5. The number of thiophene rings is 1. The van der Waals surface area contributed by atoms with E-state index < -0.39 is 5.97 Å². The van der Waals surface area contributed by atoms with Crippen molar-refractivity contribution in [2.24, 2.45) is 0 Å². The second-order valence-electron chi connectivity index (χ2n) is 7.79. The summed E-state index contributed by atoms with van der Waals surface area (Å²) in [6, 6.07) is 21.7. The minimum atomic E-state index is -1.06. The van der Waals surface area contributed by atoms with Crippen LogP contribution in [0.2, 0.25) is 0 Å². The molecule has 0 aliphatic carbocycles. The third-order valence-electron chi connectivity index (χ3n) is 5.33. The quantitative estimate of drug-likeness (QED) is 0.236. The number of hydrogen-bond donors (Lipinski definition) is 1. The van der Waals surface area contributed by atoms with Crippen LogP contribution in [0.5, 0.6) is 5.75 Å². The molecule has 8 heteroatoms. The Labute approximate surface area is 210 Å².